The van der Waals surface area contributed by atoms with Crippen molar-refractivity contribution >= 4 is 17.7 Å². The SMILES string of the molecule is CCCC(Sc1ccc(OC)cc1)C(=O)NN. The first kappa shape index (κ1) is 13.9. The van der Waals surface area contributed by atoms with E-state index in [1.54, 1.807) is 7.11 Å². The van der Waals surface area contributed by atoms with Gasteiger partial charge in [-0.15, -0.1) is 11.8 Å². The lowest BCUT2D eigenvalue weighted by atomic mass is 10.2. The third-order valence-electron chi connectivity index (χ3n) is 2.32. The first-order valence-electron chi connectivity index (χ1n) is 5.52. The summed E-state index contributed by atoms with van der Waals surface area (Å²) in [6.45, 7) is 2.05. The van der Waals surface area contributed by atoms with Crippen LogP contribution in [0.5, 0.6) is 5.75 Å². The summed E-state index contributed by atoms with van der Waals surface area (Å²) in [6.07, 6.45) is 1.75. The molecule has 0 saturated carbocycles. The van der Waals surface area contributed by atoms with Gasteiger partial charge in [-0.2, -0.15) is 0 Å². The molecule has 0 spiro atoms. The lowest BCUT2D eigenvalue weighted by Crippen LogP contribution is -2.37. The van der Waals surface area contributed by atoms with E-state index >= 15 is 0 Å². The summed E-state index contributed by atoms with van der Waals surface area (Å²) in [5.74, 6) is 5.85. The number of ether oxygens (including phenoxy) is 1. The first-order valence-corrected chi connectivity index (χ1v) is 6.40. The summed E-state index contributed by atoms with van der Waals surface area (Å²) in [5, 5.41) is -0.140. The standard InChI is InChI=1S/C12H18N2O2S/c1-3-4-11(12(15)14-13)17-10-7-5-9(16-2)6-8-10/h5-8,11H,3-4,13H2,1-2H3,(H,14,15). The molecule has 0 saturated heterocycles. The van der Waals surface area contributed by atoms with Crippen LogP contribution in [0.25, 0.3) is 0 Å². The van der Waals surface area contributed by atoms with Crippen LogP contribution in [0.4, 0.5) is 0 Å². The number of amides is 1. The fourth-order valence-electron chi connectivity index (χ4n) is 1.42. The van der Waals surface area contributed by atoms with Crippen LogP contribution in [-0.2, 0) is 4.79 Å². The highest BCUT2D eigenvalue weighted by Crippen LogP contribution is 2.27. The van der Waals surface area contributed by atoms with Gasteiger partial charge in [-0.05, 0) is 30.7 Å². The molecular weight excluding hydrogens is 236 g/mol. The number of hydrogen-bond acceptors (Lipinski definition) is 4. The Hall–Kier alpha value is -1.20. The molecule has 94 valence electrons. The zero-order chi connectivity index (χ0) is 12.7. The number of nitrogens with two attached hydrogens (primary N) is 1. The molecule has 1 amide bonds. The minimum Gasteiger partial charge on any atom is -0.497 e. The van der Waals surface area contributed by atoms with Gasteiger partial charge in [0.2, 0.25) is 5.91 Å². The Morgan fingerprint density at radius 3 is 2.59 bits per heavy atom. The van der Waals surface area contributed by atoms with Crippen LogP contribution in [0.1, 0.15) is 19.8 Å². The van der Waals surface area contributed by atoms with E-state index in [1.165, 1.54) is 11.8 Å². The van der Waals surface area contributed by atoms with Gasteiger partial charge in [-0.3, -0.25) is 10.2 Å². The maximum Gasteiger partial charge on any atom is 0.247 e. The molecule has 0 aliphatic rings. The van der Waals surface area contributed by atoms with Gasteiger partial charge in [0.1, 0.15) is 5.75 Å². The highest BCUT2D eigenvalue weighted by Gasteiger charge is 2.17. The van der Waals surface area contributed by atoms with Crippen molar-refractivity contribution in [3.8, 4) is 5.75 Å². The molecule has 0 aliphatic carbocycles. The first-order chi connectivity index (χ1) is 8.21. The number of carbonyl (C=O) groups is 1. The van der Waals surface area contributed by atoms with E-state index in [-0.39, 0.29) is 11.2 Å². The number of rotatable bonds is 6. The van der Waals surface area contributed by atoms with Gasteiger partial charge in [-0.25, -0.2) is 5.84 Å². The molecule has 0 aliphatic heterocycles. The third kappa shape index (κ3) is 4.28. The Labute approximate surface area is 106 Å². The van der Waals surface area contributed by atoms with E-state index in [1.807, 2.05) is 31.2 Å². The predicted octanol–water partition coefficient (Wildman–Crippen LogP) is 1.95. The zero-order valence-electron chi connectivity index (χ0n) is 10.1. The maximum absolute atomic E-state index is 11.5. The van der Waals surface area contributed by atoms with Gasteiger partial charge >= 0.3 is 0 Å². The predicted molar refractivity (Wildman–Crippen MR) is 69.9 cm³/mol. The van der Waals surface area contributed by atoms with Crippen molar-refractivity contribution < 1.29 is 9.53 Å². The van der Waals surface area contributed by atoms with Crippen LogP contribution < -0.4 is 16.0 Å². The number of hydrazine groups is 1. The topological polar surface area (TPSA) is 64.3 Å². The average molecular weight is 254 g/mol. The van der Waals surface area contributed by atoms with Crippen LogP contribution in [0, 0.1) is 0 Å². The van der Waals surface area contributed by atoms with E-state index in [0.717, 1.165) is 23.5 Å². The smallest absolute Gasteiger partial charge is 0.247 e. The summed E-state index contributed by atoms with van der Waals surface area (Å²) in [4.78, 5) is 12.6. The Morgan fingerprint density at radius 1 is 1.47 bits per heavy atom. The highest BCUT2D eigenvalue weighted by atomic mass is 32.2. The molecular formula is C12H18N2O2S. The second-order valence-corrected chi connectivity index (χ2v) is 4.86. The van der Waals surface area contributed by atoms with Crippen molar-refractivity contribution in [2.75, 3.05) is 7.11 Å². The number of methoxy groups -OCH3 is 1. The molecule has 0 aromatic heterocycles. The normalized spacial score (nSPS) is 11.9. The second kappa shape index (κ2) is 7.19. The largest absolute Gasteiger partial charge is 0.497 e. The van der Waals surface area contributed by atoms with E-state index in [9.17, 15) is 4.79 Å². The van der Waals surface area contributed by atoms with Crippen LogP contribution >= 0.6 is 11.8 Å². The second-order valence-electron chi connectivity index (χ2n) is 3.58. The van der Waals surface area contributed by atoms with Crippen molar-refractivity contribution in [1.29, 1.82) is 0 Å². The Bertz CT molecular complexity index is 354. The summed E-state index contributed by atoms with van der Waals surface area (Å²) in [7, 11) is 1.63. The number of carbonyl (C=O) groups excluding carboxylic acids is 1. The van der Waals surface area contributed by atoms with Gasteiger partial charge in [-0.1, -0.05) is 13.3 Å². The average Bonchev–Trinajstić information content (AvgIpc) is 2.38. The van der Waals surface area contributed by atoms with E-state index in [0.29, 0.717) is 0 Å². The van der Waals surface area contributed by atoms with Crippen molar-refractivity contribution in [3.05, 3.63) is 24.3 Å². The number of thioether (sulfide) groups is 1. The minimum absolute atomic E-state index is 0.132. The van der Waals surface area contributed by atoms with Crippen molar-refractivity contribution in [3.63, 3.8) is 0 Å². The summed E-state index contributed by atoms with van der Waals surface area (Å²) >= 11 is 1.52. The molecule has 0 heterocycles. The molecule has 4 nitrogen and oxygen atoms in total. The van der Waals surface area contributed by atoms with Crippen LogP contribution in [0.15, 0.2) is 29.2 Å². The fourth-order valence-corrected chi connectivity index (χ4v) is 2.57. The molecule has 0 radical (unpaired) electrons. The Kier molecular flexibility index (Phi) is 5.86. The molecule has 1 aromatic rings. The molecule has 0 fully saturated rings. The van der Waals surface area contributed by atoms with Crippen LogP contribution in [0.3, 0.4) is 0 Å². The van der Waals surface area contributed by atoms with Crippen molar-refractivity contribution in [1.82, 2.24) is 5.43 Å². The Morgan fingerprint density at radius 2 is 2.12 bits per heavy atom. The lowest BCUT2D eigenvalue weighted by Gasteiger charge is -2.13. The van der Waals surface area contributed by atoms with Gasteiger partial charge in [0, 0.05) is 4.90 Å². The van der Waals surface area contributed by atoms with Gasteiger partial charge in [0.25, 0.3) is 0 Å². The molecule has 1 aromatic carbocycles. The van der Waals surface area contributed by atoms with Crippen molar-refractivity contribution in [2.24, 2.45) is 5.84 Å². The van der Waals surface area contributed by atoms with Crippen LogP contribution in [0.2, 0.25) is 0 Å². The Balaban J connectivity index is 2.68. The van der Waals surface area contributed by atoms with Gasteiger partial charge < -0.3 is 4.74 Å². The molecule has 1 unspecified atom stereocenters. The summed E-state index contributed by atoms with van der Waals surface area (Å²) in [5.41, 5.74) is 2.21. The monoisotopic (exact) mass is 254 g/mol. The summed E-state index contributed by atoms with van der Waals surface area (Å²) in [6, 6.07) is 7.64. The van der Waals surface area contributed by atoms with E-state index < -0.39 is 0 Å². The zero-order valence-corrected chi connectivity index (χ0v) is 10.9. The van der Waals surface area contributed by atoms with Gasteiger partial charge in [0.15, 0.2) is 0 Å². The molecule has 1 atom stereocenters. The highest BCUT2D eigenvalue weighted by molar-refractivity contribution is 8.00. The molecule has 17 heavy (non-hydrogen) atoms. The quantitative estimate of drug-likeness (QED) is 0.352. The maximum atomic E-state index is 11.5. The van der Waals surface area contributed by atoms with E-state index in [4.69, 9.17) is 10.6 Å². The molecule has 5 heteroatoms. The number of nitrogens with one attached hydrogen (secondary N) is 1. The number of hydrogen-bond donors (Lipinski definition) is 2. The molecule has 0 bridgehead atoms. The molecule has 1 rings (SSSR count). The third-order valence-corrected chi connectivity index (χ3v) is 3.60. The fraction of sp³-hybridized carbons (Fsp3) is 0.417. The van der Waals surface area contributed by atoms with Gasteiger partial charge in [0.05, 0.1) is 12.4 Å². The molecule has 3 N–H and O–H groups in total. The van der Waals surface area contributed by atoms with Crippen LogP contribution in [-0.4, -0.2) is 18.3 Å². The lowest BCUT2D eigenvalue weighted by molar-refractivity contribution is -0.120. The number of benzene rings is 1. The van der Waals surface area contributed by atoms with E-state index in [2.05, 4.69) is 5.43 Å². The summed E-state index contributed by atoms with van der Waals surface area (Å²) < 4.78 is 5.08. The van der Waals surface area contributed by atoms with Crippen molar-refractivity contribution in [2.45, 2.75) is 29.9 Å². The minimum atomic E-state index is -0.140.